The molecule has 0 aliphatic heterocycles. The molecule has 29 heavy (non-hydrogen) atoms. The van der Waals surface area contributed by atoms with Gasteiger partial charge in [0.05, 0.1) is 24.2 Å². The van der Waals surface area contributed by atoms with Crippen LogP contribution in [-0.2, 0) is 11.2 Å². The zero-order valence-corrected chi connectivity index (χ0v) is 17.2. The van der Waals surface area contributed by atoms with Gasteiger partial charge in [-0.1, -0.05) is 72.8 Å². The fourth-order valence-electron chi connectivity index (χ4n) is 2.69. The van der Waals surface area contributed by atoms with Crippen LogP contribution in [0.25, 0.3) is 0 Å². The summed E-state index contributed by atoms with van der Waals surface area (Å²) in [5, 5.41) is 7.13. The molecule has 0 fully saturated rings. The minimum absolute atomic E-state index is 0.176. The molecule has 0 aliphatic carbocycles. The van der Waals surface area contributed by atoms with Gasteiger partial charge in [0.1, 0.15) is 0 Å². The highest BCUT2D eigenvalue weighted by Crippen LogP contribution is 2.15. The van der Waals surface area contributed by atoms with Gasteiger partial charge in [-0.25, -0.2) is 5.43 Å². The van der Waals surface area contributed by atoms with Crippen molar-refractivity contribution >= 4 is 33.5 Å². The Kier molecular flexibility index (Phi) is 7.30. The number of benzene rings is 3. The number of nitrogens with zero attached hydrogens (tertiary/aromatic N) is 1. The van der Waals surface area contributed by atoms with Gasteiger partial charge in [-0.05, 0) is 39.2 Å². The number of carbonyl (C=O) groups excluding carboxylic acids is 2. The molecule has 0 saturated heterocycles. The van der Waals surface area contributed by atoms with Crippen molar-refractivity contribution < 1.29 is 9.59 Å². The van der Waals surface area contributed by atoms with Gasteiger partial charge in [-0.15, -0.1) is 0 Å². The van der Waals surface area contributed by atoms with Gasteiger partial charge in [-0.2, -0.15) is 5.10 Å². The number of rotatable bonds is 7. The van der Waals surface area contributed by atoms with Crippen molar-refractivity contribution in [2.75, 3.05) is 6.54 Å². The number of carbonyl (C=O) groups is 2. The average Bonchev–Trinajstić information content (AvgIpc) is 2.75. The first kappa shape index (κ1) is 20.5. The second kappa shape index (κ2) is 10.3. The lowest BCUT2D eigenvalue weighted by atomic mass is 10.1. The maximum atomic E-state index is 12.5. The van der Waals surface area contributed by atoms with Gasteiger partial charge < -0.3 is 5.32 Å². The van der Waals surface area contributed by atoms with Crippen LogP contribution in [0, 0.1) is 0 Å². The Hall–Kier alpha value is -3.25. The average molecular weight is 450 g/mol. The predicted octanol–water partition coefficient (Wildman–Crippen LogP) is 3.94. The van der Waals surface area contributed by atoms with E-state index in [0.29, 0.717) is 15.7 Å². The summed E-state index contributed by atoms with van der Waals surface area (Å²) in [4.78, 5) is 24.7. The van der Waals surface area contributed by atoms with Crippen LogP contribution in [0.4, 0.5) is 0 Å². The summed E-state index contributed by atoms with van der Waals surface area (Å²) in [6, 6.07) is 26.1. The van der Waals surface area contributed by atoms with Gasteiger partial charge in [-0.3, -0.25) is 9.59 Å². The summed E-state index contributed by atoms with van der Waals surface area (Å²) in [5.74, 6) is -0.446. The topological polar surface area (TPSA) is 70.6 Å². The van der Waals surface area contributed by atoms with Crippen molar-refractivity contribution in [1.29, 1.82) is 0 Å². The molecule has 5 nitrogen and oxygen atoms in total. The monoisotopic (exact) mass is 449 g/mol. The number of halogens is 1. The molecule has 3 aromatic carbocycles. The molecule has 3 aromatic rings. The number of hydrogen-bond acceptors (Lipinski definition) is 3. The molecule has 6 heteroatoms. The van der Waals surface area contributed by atoms with Crippen molar-refractivity contribution in [2.45, 2.75) is 6.42 Å². The minimum Gasteiger partial charge on any atom is -0.346 e. The van der Waals surface area contributed by atoms with Crippen LogP contribution >= 0.6 is 15.9 Å². The third-order valence-electron chi connectivity index (χ3n) is 4.16. The molecule has 0 radical (unpaired) electrons. The first-order chi connectivity index (χ1) is 14.1. The molecule has 0 aromatic heterocycles. The van der Waals surface area contributed by atoms with Crippen molar-refractivity contribution in [1.82, 2.24) is 10.7 Å². The lowest BCUT2D eigenvalue weighted by Gasteiger charge is -2.10. The first-order valence-electron chi connectivity index (χ1n) is 9.11. The van der Waals surface area contributed by atoms with E-state index >= 15 is 0 Å². The SMILES string of the molecule is O=C(Cc1ccccc1)N/N=C(/CNC(=O)c1ccccc1Br)c1ccccc1. The van der Waals surface area contributed by atoms with Crippen LogP contribution in [-0.4, -0.2) is 24.1 Å². The van der Waals surface area contributed by atoms with Gasteiger partial charge in [0, 0.05) is 4.47 Å². The lowest BCUT2D eigenvalue weighted by Crippen LogP contribution is -2.32. The lowest BCUT2D eigenvalue weighted by molar-refractivity contribution is -0.120. The van der Waals surface area contributed by atoms with Crippen molar-refractivity contribution in [3.8, 4) is 0 Å². The zero-order chi connectivity index (χ0) is 20.5. The molecule has 3 rings (SSSR count). The number of hydrazone groups is 1. The molecule has 2 N–H and O–H groups in total. The van der Waals surface area contributed by atoms with E-state index in [1.165, 1.54) is 0 Å². The van der Waals surface area contributed by atoms with E-state index in [1.54, 1.807) is 12.1 Å². The number of amides is 2. The Bertz CT molecular complexity index is 1000. The quantitative estimate of drug-likeness (QED) is 0.423. The summed E-state index contributed by atoms with van der Waals surface area (Å²) in [7, 11) is 0. The van der Waals surface area contributed by atoms with Gasteiger partial charge in [0.15, 0.2) is 0 Å². The van der Waals surface area contributed by atoms with E-state index in [2.05, 4.69) is 31.8 Å². The van der Waals surface area contributed by atoms with Crippen molar-refractivity contribution in [3.05, 3.63) is 106 Å². The maximum Gasteiger partial charge on any atom is 0.252 e. The Morgan fingerprint density at radius 2 is 1.45 bits per heavy atom. The second-order valence-electron chi connectivity index (χ2n) is 6.28. The summed E-state index contributed by atoms with van der Waals surface area (Å²) >= 11 is 3.38. The first-order valence-corrected chi connectivity index (χ1v) is 9.90. The fraction of sp³-hybridized carbons (Fsp3) is 0.0870. The highest BCUT2D eigenvalue weighted by atomic mass is 79.9. The van der Waals surface area contributed by atoms with Crippen molar-refractivity contribution in [3.63, 3.8) is 0 Å². The molecular formula is C23H20BrN3O2. The maximum absolute atomic E-state index is 12.5. The highest BCUT2D eigenvalue weighted by molar-refractivity contribution is 9.10. The standard InChI is InChI=1S/C23H20BrN3O2/c24-20-14-8-7-13-19(20)23(29)25-16-21(18-11-5-2-6-12-18)26-27-22(28)15-17-9-3-1-4-10-17/h1-14H,15-16H2,(H,25,29)(H,27,28)/b26-21-. The largest absolute Gasteiger partial charge is 0.346 e. The third kappa shape index (κ3) is 6.12. The Labute approximate surface area is 178 Å². The summed E-state index contributed by atoms with van der Waals surface area (Å²) in [6.45, 7) is 0.176. The third-order valence-corrected chi connectivity index (χ3v) is 4.86. The Morgan fingerprint density at radius 1 is 0.828 bits per heavy atom. The summed E-state index contributed by atoms with van der Waals surface area (Å²) < 4.78 is 0.715. The smallest absolute Gasteiger partial charge is 0.252 e. The predicted molar refractivity (Wildman–Crippen MR) is 118 cm³/mol. The van der Waals surface area contributed by atoms with E-state index in [9.17, 15) is 9.59 Å². The van der Waals surface area contributed by atoms with Crippen LogP contribution in [0.5, 0.6) is 0 Å². The molecule has 0 spiro atoms. The van der Waals surface area contributed by atoms with E-state index in [-0.39, 0.29) is 24.8 Å². The Balaban J connectivity index is 1.69. The molecule has 146 valence electrons. The number of nitrogens with one attached hydrogen (secondary N) is 2. The molecule has 0 heterocycles. The highest BCUT2D eigenvalue weighted by Gasteiger charge is 2.12. The van der Waals surface area contributed by atoms with Crippen LogP contribution in [0.15, 0.2) is 94.5 Å². The molecule has 0 atom stereocenters. The van der Waals surface area contributed by atoms with Crippen LogP contribution in [0.2, 0.25) is 0 Å². The van der Waals surface area contributed by atoms with E-state index in [0.717, 1.165) is 11.1 Å². The molecule has 2 amide bonds. The Morgan fingerprint density at radius 3 is 2.14 bits per heavy atom. The molecule has 0 aliphatic rings. The van der Waals surface area contributed by atoms with Crippen LogP contribution in [0.3, 0.4) is 0 Å². The van der Waals surface area contributed by atoms with Crippen molar-refractivity contribution in [2.24, 2.45) is 5.10 Å². The van der Waals surface area contributed by atoms with Crippen LogP contribution < -0.4 is 10.7 Å². The van der Waals surface area contributed by atoms with Gasteiger partial charge in [0.25, 0.3) is 5.91 Å². The van der Waals surface area contributed by atoms with E-state index in [1.807, 2.05) is 72.8 Å². The zero-order valence-electron chi connectivity index (χ0n) is 15.6. The fourth-order valence-corrected chi connectivity index (χ4v) is 3.16. The summed E-state index contributed by atoms with van der Waals surface area (Å²) in [5.41, 5.74) is 5.42. The number of hydrogen-bond donors (Lipinski definition) is 2. The molecule has 0 saturated carbocycles. The van der Waals surface area contributed by atoms with E-state index in [4.69, 9.17) is 0 Å². The molecular weight excluding hydrogens is 430 g/mol. The van der Waals surface area contributed by atoms with Gasteiger partial charge in [0.2, 0.25) is 5.91 Å². The normalized spacial score (nSPS) is 11.0. The molecule has 0 unspecified atom stereocenters. The second-order valence-corrected chi connectivity index (χ2v) is 7.14. The van der Waals surface area contributed by atoms with Gasteiger partial charge >= 0.3 is 0 Å². The van der Waals surface area contributed by atoms with E-state index < -0.39 is 0 Å². The van der Waals surface area contributed by atoms with Crippen LogP contribution in [0.1, 0.15) is 21.5 Å². The summed E-state index contributed by atoms with van der Waals surface area (Å²) in [6.07, 6.45) is 0.232. The molecule has 0 bridgehead atoms. The minimum atomic E-state index is -0.225.